The standard InChI is InChI=1S/C13H14ClNO4/c1-19-9-5-6-10(11(14)8-9)13(15(17)18)7-3-2-4-12(13)16/h5-6,8H,2-4,7H2,1H3. The fraction of sp³-hybridized carbons (Fsp3) is 0.462. The predicted octanol–water partition coefficient (Wildman–Crippen LogP) is 2.96. The van der Waals surface area contributed by atoms with Crippen molar-refractivity contribution in [3.63, 3.8) is 0 Å². The van der Waals surface area contributed by atoms with Crippen LogP contribution in [0.25, 0.3) is 0 Å². The Balaban J connectivity index is 2.56. The van der Waals surface area contributed by atoms with E-state index < -0.39 is 10.5 Å². The number of nitrogens with zero attached hydrogens (tertiary/aromatic N) is 1. The Hall–Kier alpha value is -1.62. The van der Waals surface area contributed by atoms with Crippen LogP contribution in [-0.4, -0.2) is 17.8 Å². The van der Waals surface area contributed by atoms with Gasteiger partial charge in [0.05, 0.1) is 17.7 Å². The Labute approximate surface area is 115 Å². The van der Waals surface area contributed by atoms with Crippen LogP contribution in [0.1, 0.15) is 31.2 Å². The van der Waals surface area contributed by atoms with Crippen molar-refractivity contribution in [2.45, 2.75) is 31.2 Å². The van der Waals surface area contributed by atoms with Gasteiger partial charge in [0.15, 0.2) is 0 Å². The zero-order valence-corrected chi connectivity index (χ0v) is 11.3. The lowest BCUT2D eigenvalue weighted by Gasteiger charge is -2.28. The number of benzene rings is 1. The van der Waals surface area contributed by atoms with Crippen LogP contribution in [-0.2, 0) is 10.3 Å². The Bertz CT molecular complexity index is 531. The summed E-state index contributed by atoms with van der Waals surface area (Å²) in [6, 6.07) is 4.62. The average Bonchev–Trinajstić information content (AvgIpc) is 2.39. The van der Waals surface area contributed by atoms with E-state index in [2.05, 4.69) is 0 Å². The molecule has 19 heavy (non-hydrogen) atoms. The molecule has 1 fully saturated rings. The molecule has 102 valence electrons. The topological polar surface area (TPSA) is 69.4 Å². The molecule has 5 nitrogen and oxygen atoms in total. The van der Waals surface area contributed by atoms with E-state index in [1.54, 1.807) is 6.07 Å². The minimum Gasteiger partial charge on any atom is -0.497 e. The number of carbonyl (C=O) groups excluding carboxylic acids is 1. The lowest BCUT2D eigenvalue weighted by Crippen LogP contribution is -2.45. The van der Waals surface area contributed by atoms with E-state index in [-0.39, 0.29) is 29.2 Å². The molecule has 2 rings (SSSR count). The number of hydrogen-bond acceptors (Lipinski definition) is 4. The van der Waals surface area contributed by atoms with Crippen LogP contribution < -0.4 is 4.74 Å². The molecule has 0 saturated heterocycles. The number of rotatable bonds is 3. The van der Waals surface area contributed by atoms with Gasteiger partial charge in [0.25, 0.3) is 0 Å². The molecular weight excluding hydrogens is 270 g/mol. The molecule has 1 aromatic rings. The first-order valence-electron chi connectivity index (χ1n) is 6.04. The lowest BCUT2D eigenvalue weighted by molar-refractivity contribution is -0.563. The van der Waals surface area contributed by atoms with Crippen molar-refractivity contribution in [3.05, 3.63) is 38.9 Å². The summed E-state index contributed by atoms with van der Waals surface area (Å²) in [7, 11) is 1.49. The van der Waals surface area contributed by atoms with E-state index in [4.69, 9.17) is 16.3 Å². The SMILES string of the molecule is COc1ccc(C2([N+](=O)[O-])CCCCC2=O)c(Cl)c1. The van der Waals surface area contributed by atoms with Crippen LogP contribution in [0.3, 0.4) is 0 Å². The molecule has 1 aromatic carbocycles. The number of ketones is 1. The molecular formula is C13H14ClNO4. The smallest absolute Gasteiger partial charge is 0.305 e. The Morgan fingerprint density at radius 1 is 1.42 bits per heavy atom. The maximum absolute atomic E-state index is 12.1. The molecule has 1 unspecified atom stereocenters. The van der Waals surface area contributed by atoms with Crippen LogP contribution in [0, 0.1) is 10.1 Å². The van der Waals surface area contributed by atoms with Crippen LogP contribution in [0.15, 0.2) is 18.2 Å². The number of hydrogen-bond donors (Lipinski definition) is 0. The van der Waals surface area contributed by atoms with Gasteiger partial charge in [-0.15, -0.1) is 0 Å². The van der Waals surface area contributed by atoms with Crippen LogP contribution in [0.5, 0.6) is 5.75 Å². The first-order valence-corrected chi connectivity index (χ1v) is 6.42. The highest BCUT2D eigenvalue weighted by Gasteiger charge is 2.54. The van der Waals surface area contributed by atoms with Crippen molar-refractivity contribution >= 4 is 17.4 Å². The minimum absolute atomic E-state index is 0.199. The largest absolute Gasteiger partial charge is 0.497 e. The highest BCUT2D eigenvalue weighted by molar-refractivity contribution is 6.32. The fourth-order valence-corrected chi connectivity index (χ4v) is 2.87. The van der Waals surface area contributed by atoms with Gasteiger partial charge in [-0.1, -0.05) is 11.6 Å². The highest BCUT2D eigenvalue weighted by atomic mass is 35.5. The molecule has 0 spiro atoms. The summed E-state index contributed by atoms with van der Waals surface area (Å²) in [4.78, 5) is 23.1. The number of nitro groups is 1. The van der Waals surface area contributed by atoms with E-state index >= 15 is 0 Å². The summed E-state index contributed by atoms with van der Waals surface area (Å²) in [5.74, 6) is 0.145. The molecule has 1 saturated carbocycles. The van der Waals surface area contributed by atoms with Crippen LogP contribution in [0.2, 0.25) is 5.02 Å². The normalized spacial score (nSPS) is 23.2. The third kappa shape index (κ3) is 2.18. The summed E-state index contributed by atoms with van der Waals surface area (Å²) in [6.45, 7) is 0. The van der Waals surface area contributed by atoms with Crippen LogP contribution >= 0.6 is 11.6 Å². The van der Waals surface area contributed by atoms with Crippen molar-refractivity contribution in [2.75, 3.05) is 7.11 Å². The lowest BCUT2D eigenvalue weighted by atomic mass is 9.76. The second-order valence-corrected chi connectivity index (χ2v) is 5.00. The van der Waals surface area contributed by atoms with Gasteiger partial charge in [0.2, 0.25) is 5.78 Å². The summed E-state index contributed by atoms with van der Waals surface area (Å²) in [5, 5.41) is 11.7. The third-order valence-electron chi connectivity index (χ3n) is 3.59. The van der Waals surface area contributed by atoms with Crippen molar-refractivity contribution in [2.24, 2.45) is 0 Å². The molecule has 0 amide bonds. The summed E-state index contributed by atoms with van der Waals surface area (Å²) in [5.41, 5.74) is -1.42. The van der Waals surface area contributed by atoms with E-state index in [0.29, 0.717) is 18.6 Å². The summed E-state index contributed by atoms with van der Waals surface area (Å²) >= 11 is 6.10. The quantitative estimate of drug-likeness (QED) is 0.632. The molecule has 1 atom stereocenters. The zero-order valence-electron chi connectivity index (χ0n) is 10.5. The molecule has 0 radical (unpaired) electrons. The van der Waals surface area contributed by atoms with Gasteiger partial charge >= 0.3 is 5.54 Å². The molecule has 0 bridgehead atoms. The maximum Gasteiger partial charge on any atom is 0.305 e. The molecule has 0 aliphatic heterocycles. The Morgan fingerprint density at radius 2 is 2.16 bits per heavy atom. The second kappa shape index (κ2) is 5.17. The van der Waals surface area contributed by atoms with Crippen molar-refractivity contribution in [3.8, 4) is 5.75 Å². The van der Waals surface area contributed by atoms with Gasteiger partial charge in [0, 0.05) is 17.8 Å². The van der Waals surface area contributed by atoms with E-state index in [9.17, 15) is 14.9 Å². The first-order chi connectivity index (χ1) is 9.02. The molecule has 0 heterocycles. The first kappa shape index (κ1) is 13.8. The molecule has 0 N–H and O–H groups in total. The van der Waals surface area contributed by atoms with Gasteiger partial charge in [-0.2, -0.15) is 0 Å². The van der Waals surface area contributed by atoms with Crippen molar-refractivity contribution in [1.29, 1.82) is 0 Å². The predicted molar refractivity (Wildman–Crippen MR) is 70.2 cm³/mol. The van der Waals surface area contributed by atoms with Gasteiger partial charge < -0.3 is 4.74 Å². The van der Waals surface area contributed by atoms with Crippen molar-refractivity contribution in [1.82, 2.24) is 0 Å². The molecule has 6 heteroatoms. The zero-order chi connectivity index (χ0) is 14.0. The van der Waals surface area contributed by atoms with E-state index in [0.717, 1.165) is 0 Å². The number of Topliss-reactive ketones (excluding diaryl/α,β-unsaturated/α-hetero) is 1. The van der Waals surface area contributed by atoms with Crippen molar-refractivity contribution < 1.29 is 14.5 Å². The van der Waals surface area contributed by atoms with Crippen LogP contribution in [0.4, 0.5) is 0 Å². The number of methoxy groups -OCH3 is 1. The third-order valence-corrected chi connectivity index (χ3v) is 3.90. The number of ether oxygens (including phenoxy) is 1. The average molecular weight is 284 g/mol. The number of halogens is 1. The molecule has 1 aliphatic rings. The fourth-order valence-electron chi connectivity index (χ4n) is 2.55. The summed E-state index contributed by atoms with van der Waals surface area (Å²) < 4.78 is 5.02. The van der Waals surface area contributed by atoms with E-state index in [1.165, 1.54) is 19.2 Å². The second-order valence-electron chi connectivity index (χ2n) is 4.59. The molecule has 0 aromatic heterocycles. The van der Waals surface area contributed by atoms with Gasteiger partial charge in [0.1, 0.15) is 5.75 Å². The molecule has 1 aliphatic carbocycles. The maximum atomic E-state index is 12.1. The Morgan fingerprint density at radius 3 is 2.68 bits per heavy atom. The summed E-state index contributed by atoms with van der Waals surface area (Å²) in [6.07, 6.45) is 1.77. The van der Waals surface area contributed by atoms with Gasteiger partial charge in [-0.3, -0.25) is 14.9 Å². The van der Waals surface area contributed by atoms with Gasteiger partial charge in [-0.25, -0.2) is 0 Å². The number of carbonyl (C=O) groups is 1. The Kier molecular flexibility index (Phi) is 3.75. The van der Waals surface area contributed by atoms with Gasteiger partial charge in [-0.05, 0) is 31.0 Å². The highest BCUT2D eigenvalue weighted by Crippen LogP contribution is 2.41. The van der Waals surface area contributed by atoms with E-state index in [1.807, 2.05) is 0 Å². The monoisotopic (exact) mass is 283 g/mol. The minimum atomic E-state index is -1.69.